The second kappa shape index (κ2) is 7.70. The molecule has 5 heteroatoms. The zero-order valence-corrected chi connectivity index (χ0v) is 18.4. The number of rotatable bonds is 4. The van der Waals surface area contributed by atoms with Gasteiger partial charge >= 0.3 is 0 Å². The molecule has 5 aromatic rings. The van der Waals surface area contributed by atoms with Gasteiger partial charge in [0.2, 0.25) is 5.88 Å². The second-order valence-corrected chi connectivity index (χ2v) is 8.96. The predicted octanol–water partition coefficient (Wildman–Crippen LogP) is 7.09. The molecular formula is C27H21N3OS. The van der Waals surface area contributed by atoms with Crippen LogP contribution in [0.3, 0.4) is 0 Å². The lowest BCUT2D eigenvalue weighted by atomic mass is 10.1. The highest BCUT2D eigenvalue weighted by Crippen LogP contribution is 2.39. The number of benzene rings is 3. The topological polar surface area (TPSA) is 28.6 Å². The molecule has 0 bridgehead atoms. The highest BCUT2D eigenvalue weighted by molar-refractivity contribution is 7.26. The van der Waals surface area contributed by atoms with E-state index in [-0.39, 0.29) is 0 Å². The zero-order valence-electron chi connectivity index (χ0n) is 17.6. The molecule has 32 heavy (non-hydrogen) atoms. The van der Waals surface area contributed by atoms with Gasteiger partial charge in [0.25, 0.3) is 0 Å². The van der Waals surface area contributed by atoms with Crippen LogP contribution in [0.4, 0.5) is 5.69 Å². The van der Waals surface area contributed by atoms with E-state index in [4.69, 9.17) is 9.72 Å². The van der Waals surface area contributed by atoms with Crippen molar-refractivity contribution in [1.29, 1.82) is 0 Å². The quantitative estimate of drug-likeness (QED) is 0.301. The van der Waals surface area contributed by atoms with E-state index in [1.54, 1.807) is 0 Å². The Morgan fingerprint density at radius 3 is 2.59 bits per heavy atom. The van der Waals surface area contributed by atoms with Gasteiger partial charge in [-0.1, -0.05) is 48.5 Å². The van der Waals surface area contributed by atoms with Gasteiger partial charge in [0.05, 0.1) is 12.4 Å². The van der Waals surface area contributed by atoms with E-state index in [0.29, 0.717) is 5.88 Å². The van der Waals surface area contributed by atoms with Crippen LogP contribution in [0.2, 0.25) is 0 Å². The number of hydrogen-bond acceptors (Lipinski definition) is 5. The molecule has 0 saturated carbocycles. The Morgan fingerprint density at radius 1 is 0.844 bits per heavy atom. The highest BCUT2D eigenvalue weighted by Gasteiger charge is 2.13. The number of nitrogens with zero attached hydrogens (tertiary/aromatic N) is 3. The van der Waals surface area contributed by atoms with Crippen molar-refractivity contribution in [2.24, 2.45) is 0 Å². The van der Waals surface area contributed by atoms with Crippen LogP contribution >= 0.6 is 11.3 Å². The summed E-state index contributed by atoms with van der Waals surface area (Å²) in [6, 6.07) is 29.1. The molecule has 3 heterocycles. The third-order valence-corrected chi connectivity index (χ3v) is 6.87. The summed E-state index contributed by atoms with van der Waals surface area (Å²) in [5.41, 5.74) is 3.14. The average Bonchev–Trinajstić information content (AvgIpc) is 3.43. The first-order valence-electron chi connectivity index (χ1n) is 10.6. The zero-order chi connectivity index (χ0) is 21.5. The molecule has 1 aliphatic heterocycles. The van der Waals surface area contributed by atoms with Crippen molar-refractivity contribution in [3.8, 4) is 22.9 Å². The minimum Gasteiger partial charge on any atom is -0.439 e. The minimum absolute atomic E-state index is 0.590. The summed E-state index contributed by atoms with van der Waals surface area (Å²) in [6.07, 6.45) is 4.14. The third-order valence-electron chi connectivity index (χ3n) is 5.65. The maximum atomic E-state index is 6.17. The molecule has 2 aromatic heterocycles. The van der Waals surface area contributed by atoms with Gasteiger partial charge in [0, 0.05) is 63.0 Å². The first kappa shape index (κ1) is 18.9. The van der Waals surface area contributed by atoms with Gasteiger partial charge in [0.1, 0.15) is 5.75 Å². The number of pyridine rings is 1. The second-order valence-electron chi connectivity index (χ2n) is 7.91. The van der Waals surface area contributed by atoms with E-state index in [2.05, 4.69) is 77.8 Å². The normalized spacial score (nSPS) is 13.4. The standard InChI is InChI=1S/C27H21N3OS/c1-29-15-16-30(18-29)19-7-4-8-20(17-19)31-26-14-6-12-24(28-26)23-11-5-10-22-21-9-2-3-13-25(21)32-27(22)23/h2-17H,18H2,1H3. The fourth-order valence-electron chi connectivity index (χ4n) is 4.11. The number of thiophene rings is 1. The highest BCUT2D eigenvalue weighted by atomic mass is 32.1. The number of hydrogen-bond donors (Lipinski definition) is 0. The third kappa shape index (κ3) is 3.37. The van der Waals surface area contributed by atoms with Crippen LogP contribution in [0.15, 0.2) is 97.3 Å². The van der Waals surface area contributed by atoms with Crippen molar-refractivity contribution in [2.45, 2.75) is 0 Å². The summed E-state index contributed by atoms with van der Waals surface area (Å²) in [6.45, 7) is 0.830. The Labute approximate surface area is 190 Å². The van der Waals surface area contributed by atoms with Gasteiger partial charge in [0.15, 0.2) is 0 Å². The first-order valence-corrected chi connectivity index (χ1v) is 11.4. The lowest BCUT2D eigenvalue weighted by molar-refractivity contribution is 0.463. The molecular weight excluding hydrogens is 414 g/mol. The van der Waals surface area contributed by atoms with Gasteiger partial charge in [-0.3, -0.25) is 0 Å². The summed E-state index contributed by atoms with van der Waals surface area (Å²) in [4.78, 5) is 9.16. The summed E-state index contributed by atoms with van der Waals surface area (Å²) in [7, 11) is 2.06. The van der Waals surface area contributed by atoms with Crippen LogP contribution in [0, 0.1) is 0 Å². The van der Waals surface area contributed by atoms with Crippen LogP contribution in [-0.2, 0) is 0 Å². The molecule has 0 spiro atoms. The molecule has 3 aromatic carbocycles. The molecule has 0 atom stereocenters. The molecule has 0 aliphatic carbocycles. The summed E-state index contributed by atoms with van der Waals surface area (Å²) < 4.78 is 8.71. The number of aromatic nitrogens is 1. The summed E-state index contributed by atoms with van der Waals surface area (Å²) in [5.74, 6) is 1.36. The minimum atomic E-state index is 0.590. The van der Waals surface area contributed by atoms with Crippen LogP contribution in [0.25, 0.3) is 31.4 Å². The van der Waals surface area contributed by atoms with E-state index < -0.39 is 0 Å². The van der Waals surface area contributed by atoms with Crippen molar-refractivity contribution in [1.82, 2.24) is 9.88 Å². The Bertz CT molecular complexity index is 1470. The molecule has 156 valence electrons. The fourth-order valence-corrected chi connectivity index (χ4v) is 5.34. The van der Waals surface area contributed by atoms with Crippen LogP contribution < -0.4 is 9.64 Å². The van der Waals surface area contributed by atoms with Gasteiger partial charge < -0.3 is 14.5 Å². The largest absolute Gasteiger partial charge is 0.439 e. The maximum absolute atomic E-state index is 6.17. The Morgan fingerprint density at radius 2 is 1.69 bits per heavy atom. The fraction of sp³-hybridized carbons (Fsp3) is 0.0741. The lowest BCUT2D eigenvalue weighted by Crippen LogP contribution is -2.21. The lowest BCUT2D eigenvalue weighted by Gasteiger charge is -2.18. The molecule has 1 aliphatic rings. The van der Waals surface area contributed by atoms with Crippen LogP contribution in [-0.4, -0.2) is 23.6 Å². The molecule has 0 unspecified atom stereocenters. The predicted molar refractivity (Wildman–Crippen MR) is 133 cm³/mol. The molecule has 0 fully saturated rings. The maximum Gasteiger partial charge on any atom is 0.219 e. The monoisotopic (exact) mass is 435 g/mol. The van der Waals surface area contributed by atoms with Gasteiger partial charge in [-0.15, -0.1) is 11.3 Å². The molecule has 0 saturated heterocycles. The van der Waals surface area contributed by atoms with Crippen molar-refractivity contribution in [3.05, 3.63) is 97.3 Å². The molecule has 0 amide bonds. The first-order chi connectivity index (χ1) is 15.7. The van der Waals surface area contributed by atoms with Crippen LogP contribution in [0.5, 0.6) is 11.6 Å². The smallest absolute Gasteiger partial charge is 0.219 e. The van der Waals surface area contributed by atoms with Crippen LogP contribution in [0.1, 0.15) is 0 Å². The Hall–Kier alpha value is -3.83. The average molecular weight is 436 g/mol. The SMILES string of the molecule is CN1C=CN(c2cccc(Oc3cccc(-c4cccc5c4sc4ccccc45)n3)c2)C1. The van der Waals surface area contributed by atoms with Crippen molar-refractivity contribution >= 4 is 37.2 Å². The molecule has 6 rings (SSSR count). The van der Waals surface area contributed by atoms with Gasteiger partial charge in [-0.25, -0.2) is 4.98 Å². The van der Waals surface area contributed by atoms with E-state index in [1.165, 1.54) is 20.2 Å². The summed E-state index contributed by atoms with van der Waals surface area (Å²) in [5, 5.41) is 2.56. The molecule has 4 nitrogen and oxygen atoms in total. The van der Waals surface area contributed by atoms with Crippen molar-refractivity contribution < 1.29 is 4.74 Å². The van der Waals surface area contributed by atoms with E-state index >= 15 is 0 Å². The van der Waals surface area contributed by atoms with E-state index in [9.17, 15) is 0 Å². The summed E-state index contributed by atoms with van der Waals surface area (Å²) >= 11 is 1.81. The van der Waals surface area contributed by atoms with Gasteiger partial charge in [-0.05, 0) is 24.3 Å². The van der Waals surface area contributed by atoms with E-state index in [1.807, 2.05) is 47.7 Å². The van der Waals surface area contributed by atoms with Crippen molar-refractivity contribution in [3.63, 3.8) is 0 Å². The number of anilines is 1. The van der Waals surface area contributed by atoms with E-state index in [0.717, 1.165) is 29.4 Å². The molecule has 0 radical (unpaired) electrons. The Kier molecular flexibility index (Phi) is 4.55. The van der Waals surface area contributed by atoms with Gasteiger partial charge in [-0.2, -0.15) is 0 Å². The molecule has 0 N–H and O–H groups in total. The Balaban J connectivity index is 1.34. The van der Waals surface area contributed by atoms with Crippen molar-refractivity contribution in [2.75, 3.05) is 18.6 Å². The number of ether oxygens (including phenoxy) is 1. The number of fused-ring (bicyclic) bond motifs is 3.